The molecule has 0 bridgehead atoms. The Morgan fingerprint density at radius 3 is 2.46 bits per heavy atom. The van der Waals surface area contributed by atoms with E-state index in [-0.39, 0.29) is 19.1 Å². The third kappa shape index (κ3) is 4.56. The molecule has 0 radical (unpaired) electrons. The van der Waals surface area contributed by atoms with Crippen LogP contribution in [0.1, 0.15) is 30.7 Å². The van der Waals surface area contributed by atoms with Crippen molar-refractivity contribution in [2.75, 3.05) is 13.2 Å². The fourth-order valence-electron chi connectivity index (χ4n) is 2.79. The zero-order chi connectivity index (χ0) is 19.5. The molecule has 0 spiro atoms. The minimum Gasteiger partial charge on any atom is -0.478 e. The van der Waals surface area contributed by atoms with Crippen LogP contribution in [-0.4, -0.2) is 44.2 Å². The lowest BCUT2D eigenvalue weighted by Crippen LogP contribution is -2.49. The number of aliphatic hydroxyl groups is 1. The highest BCUT2D eigenvalue weighted by Gasteiger charge is 2.34. The molecule has 1 aromatic heterocycles. The first-order chi connectivity index (χ1) is 12.2. The minimum absolute atomic E-state index is 0.126. The second kappa shape index (κ2) is 8.10. The van der Waals surface area contributed by atoms with Crippen molar-refractivity contribution in [2.24, 2.45) is 7.05 Å². The molecule has 26 heavy (non-hydrogen) atoms. The van der Waals surface area contributed by atoms with Crippen molar-refractivity contribution in [1.29, 1.82) is 0 Å². The van der Waals surface area contributed by atoms with Crippen LogP contribution in [0.2, 0.25) is 5.02 Å². The molecule has 7 heteroatoms. The van der Waals surface area contributed by atoms with Crippen molar-refractivity contribution in [2.45, 2.75) is 39.8 Å². The highest BCUT2D eigenvalue weighted by Crippen LogP contribution is 2.29. The molecular formula is C19H26ClN3O3. The summed E-state index contributed by atoms with van der Waals surface area (Å²) in [4.78, 5) is 18.7. The molecule has 1 heterocycles. The number of nitrogens with zero attached hydrogens (tertiary/aromatic N) is 3. The second-order valence-electron chi connectivity index (χ2n) is 6.93. The Labute approximate surface area is 159 Å². The van der Waals surface area contributed by atoms with E-state index in [1.807, 2.05) is 37.6 Å². The summed E-state index contributed by atoms with van der Waals surface area (Å²) in [5.74, 6) is 0.380. The first-order valence-electron chi connectivity index (χ1n) is 8.47. The lowest BCUT2D eigenvalue weighted by atomic mass is 10.1. The molecule has 0 aliphatic heterocycles. The number of amides is 1. The second-order valence-corrected chi connectivity index (χ2v) is 7.31. The van der Waals surface area contributed by atoms with E-state index in [2.05, 4.69) is 4.98 Å². The van der Waals surface area contributed by atoms with Crippen LogP contribution in [0.25, 0.3) is 0 Å². The third-order valence-corrected chi connectivity index (χ3v) is 4.82. The fraction of sp³-hybridized carbons (Fsp3) is 0.474. The first kappa shape index (κ1) is 20.3. The Kier molecular flexibility index (Phi) is 6.31. The SMILES string of the molecule is Cc1cc(OC(C)(C)C(=O)N(CCO)Cc2cncn2C)cc(C)c1Cl. The summed E-state index contributed by atoms with van der Waals surface area (Å²) in [5.41, 5.74) is 1.57. The van der Waals surface area contributed by atoms with Crippen LogP contribution in [0.3, 0.4) is 0 Å². The number of benzene rings is 1. The van der Waals surface area contributed by atoms with Crippen molar-refractivity contribution in [3.8, 4) is 5.75 Å². The summed E-state index contributed by atoms with van der Waals surface area (Å²) >= 11 is 6.20. The number of hydrogen-bond donors (Lipinski definition) is 1. The monoisotopic (exact) mass is 379 g/mol. The number of aryl methyl sites for hydroxylation is 3. The Morgan fingerprint density at radius 2 is 1.96 bits per heavy atom. The lowest BCUT2D eigenvalue weighted by Gasteiger charge is -2.32. The average molecular weight is 380 g/mol. The molecule has 1 amide bonds. The van der Waals surface area contributed by atoms with Crippen LogP contribution in [0.5, 0.6) is 5.75 Å². The van der Waals surface area contributed by atoms with E-state index < -0.39 is 5.60 Å². The summed E-state index contributed by atoms with van der Waals surface area (Å²) in [6, 6.07) is 3.64. The smallest absolute Gasteiger partial charge is 0.266 e. The lowest BCUT2D eigenvalue weighted by molar-refractivity contribution is -0.146. The highest BCUT2D eigenvalue weighted by atomic mass is 35.5. The number of rotatable bonds is 7. The van der Waals surface area contributed by atoms with E-state index in [1.165, 1.54) is 0 Å². The molecule has 142 valence electrons. The van der Waals surface area contributed by atoms with E-state index in [1.54, 1.807) is 31.3 Å². The molecule has 0 aliphatic carbocycles. The van der Waals surface area contributed by atoms with Gasteiger partial charge in [-0.05, 0) is 51.0 Å². The van der Waals surface area contributed by atoms with Gasteiger partial charge in [-0.3, -0.25) is 4.79 Å². The van der Waals surface area contributed by atoms with Gasteiger partial charge in [0.05, 0.1) is 25.2 Å². The zero-order valence-corrected chi connectivity index (χ0v) is 16.7. The number of aromatic nitrogens is 2. The number of hydrogen-bond acceptors (Lipinski definition) is 4. The van der Waals surface area contributed by atoms with Crippen LogP contribution >= 0.6 is 11.6 Å². The van der Waals surface area contributed by atoms with Crippen LogP contribution in [0, 0.1) is 13.8 Å². The number of halogens is 1. The highest BCUT2D eigenvalue weighted by molar-refractivity contribution is 6.32. The predicted octanol–water partition coefficient (Wildman–Crippen LogP) is 2.87. The van der Waals surface area contributed by atoms with Gasteiger partial charge in [-0.25, -0.2) is 4.98 Å². The Morgan fingerprint density at radius 1 is 1.35 bits per heavy atom. The average Bonchev–Trinajstić information content (AvgIpc) is 2.96. The summed E-state index contributed by atoms with van der Waals surface area (Å²) in [6.45, 7) is 7.69. The minimum atomic E-state index is -1.10. The van der Waals surface area contributed by atoms with E-state index in [9.17, 15) is 9.90 Å². The molecule has 0 unspecified atom stereocenters. The Hall–Kier alpha value is -2.05. The molecule has 0 atom stereocenters. The van der Waals surface area contributed by atoms with E-state index >= 15 is 0 Å². The van der Waals surface area contributed by atoms with Gasteiger partial charge in [-0.2, -0.15) is 0 Å². The number of ether oxygens (including phenoxy) is 1. The van der Waals surface area contributed by atoms with Crippen molar-refractivity contribution < 1.29 is 14.6 Å². The van der Waals surface area contributed by atoms with Crippen molar-refractivity contribution in [3.05, 3.63) is 46.5 Å². The maximum Gasteiger partial charge on any atom is 0.266 e. The Balaban J connectivity index is 2.21. The van der Waals surface area contributed by atoms with Gasteiger partial charge < -0.3 is 19.3 Å². The number of imidazole rings is 1. The summed E-state index contributed by atoms with van der Waals surface area (Å²) < 4.78 is 7.85. The van der Waals surface area contributed by atoms with Crippen molar-refractivity contribution in [1.82, 2.24) is 14.5 Å². The van der Waals surface area contributed by atoms with Gasteiger partial charge in [0.15, 0.2) is 5.60 Å². The van der Waals surface area contributed by atoms with Crippen LogP contribution < -0.4 is 4.74 Å². The van der Waals surface area contributed by atoms with E-state index in [4.69, 9.17) is 16.3 Å². The summed E-state index contributed by atoms with van der Waals surface area (Å²) in [5, 5.41) is 10.1. The van der Waals surface area contributed by atoms with E-state index in [0.29, 0.717) is 17.3 Å². The quantitative estimate of drug-likeness (QED) is 0.803. The molecule has 1 aromatic carbocycles. The molecule has 1 N–H and O–H groups in total. The number of carbonyl (C=O) groups excluding carboxylic acids is 1. The van der Waals surface area contributed by atoms with Crippen LogP contribution in [0.15, 0.2) is 24.7 Å². The molecule has 2 aromatic rings. The normalized spacial score (nSPS) is 11.5. The summed E-state index contributed by atoms with van der Waals surface area (Å²) in [7, 11) is 1.87. The summed E-state index contributed by atoms with van der Waals surface area (Å²) in [6.07, 6.45) is 3.38. The van der Waals surface area contributed by atoms with Gasteiger partial charge in [0.1, 0.15) is 5.75 Å². The van der Waals surface area contributed by atoms with Gasteiger partial charge in [0.25, 0.3) is 5.91 Å². The topological polar surface area (TPSA) is 67.6 Å². The van der Waals surface area contributed by atoms with Crippen molar-refractivity contribution >= 4 is 17.5 Å². The Bertz CT molecular complexity index is 763. The van der Waals surface area contributed by atoms with Crippen LogP contribution in [-0.2, 0) is 18.4 Å². The maximum atomic E-state index is 13.1. The standard InChI is InChI=1S/C19H26ClN3O3/c1-13-8-16(9-14(2)17(13)20)26-19(3,4)18(25)23(6-7-24)11-15-10-21-12-22(15)5/h8-10,12,24H,6-7,11H2,1-5H3. The number of carbonyl (C=O) groups is 1. The largest absolute Gasteiger partial charge is 0.478 e. The predicted molar refractivity (Wildman–Crippen MR) is 101 cm³/mol. The molecule has 0 aliphatic rings. The molecule has 0 saturated heterocycles. The van der Waals surface area contributed by atoms with Gasteiger partial charge >= 0.3 is 0 Å². The molecule has 0 fully saturated rings. The van der Waals surface area contributed by atoms with Gasteiger partial charge in [-0.1, -0.05) is 11.6 Å². The molecule has 2 rings (SSSR count). The van der Waals surface area contributed by atoms with E-state index in [0.717, 1.165) is 16.8 Å². The molecule has 6 nitrogen and oxygen atoms in total. The molecule has 0 saturated carbocycles. The first-order valence-corrected chi connectivity index (χ1v) is 8.84. The van der Waals surface area contributed by atoms with Gasteiger partial charge in [-0.15, -0.1) is 0 Å². The van der Waals surface area contributed by atoms with Crippen molar-refractivity contribution in [3.63, 3.8) is 0 Å². The fourth-order valence-corrected chi connectivity index (χ4v) is 2.90. The third-order valence-electron chi connectivity index (χ3n) is 4.22. The van der Waals surface area contributed by atoms with Gasteiger partial charge in [0, 0.05) is 24.8 Å². The maximum absolute atomic E-state index is 13.1. The number of aliphatic hydroxyl groups excluding tert-OH is 1. The van der Waals surface area contributed by atoms with Gasteiger partial charge in [0.2, 0.25) is 0 Å². The molecular weight excluding hydrogens is 354 g/mol. The van der Waals surface area contributed by atoms with Crippen LogP contribution in [0.4, 0.5) is 0 Å². The zero-order valence-electron chi connectivity index (χ0n) is 15.9.